The molecule has 0 unspecified atom stereocenters. The van der Waals surface area contributed by atoms with Crippen LogP contribution in [0.2, 0.25) is 0 Å². The number of hydrogen-bond donors (Lipinski definition) is 1. The van der Waals surface area contributed by atoms with Crippen molar-refractivity contribution in [2.75, 3.05) is 0 Å². The van der Waals surface area contributed by atoms with Crippen molar-refractivity contribution in [3.8, 4) is 6.07 Å². The van der Waals surface area contributed by atoms with Crippen molar-refractivity contribution in [3.05, 3.63) is 70.8 Å². The predicted octanol–water partition coefficient (Wildman–Crippen LogP) is 3.51. The van der Waals surface area contributed by atoms with Gasteiger partial charge in [-0.2, -0.15) is 5.26 Å². The SMILES string of the molecule is N#Cc1ccccc1C(=O)N[C@H]1CC[C@H]1c1ccc(F)cc1F. The van der Waals surface area contributed by atoms with Crippen molar-refractivity contribution in [1.29, 1.82) is 5.26 Å². The summed E-state index contributed by atoms with van der Waals surface area (Å²) in [5.74, 6) is -1.73. The van der Waals surface area contributed by atoms with Gasteiger partial charge in [0.05, 0.1) is 17.2 Å². The Labute approximate surface area is 132 Å². The Morgan fingerprint density at radius 1 is 1.17 bits per heavy atom. The summed E-state index contributed by atoms with van der Waals surface area (Å²) in [6.45, 7) is 0. The zero-order valence-electron chi connectivity index (χ0n) is 12.2. The minimum Gasteiger partial charge on any atom is -0.349 e. The van der Waals surface area contributed by atoms with E-state index < -0.39 is 11.6 Å². The van der Waals surface area contributed by atoms with Crippen LogP contribution in [-0.2, 0) is 0 Å². The quantitative estimate of drug-likeness (QED) is 0.943. The highest BCUT2D eigenvalue weighted by Crippen LogP contribution is 2.38. The van der Waals surface area contributed by atoms with Gasteiger partial charge in [-0.3, -0.25) is 4.79 Å². The zero-order valence-corrected chi connectivity index (χ0v) is 12.2. The van der Waals surface area contributed by atoms with E-state index in [-0.39, 0.29) is 17.9 Å². The smallest absolute Gasteiger partial charge is 0.252 e. The second-order valence-electron chi connectivity index (χ2n) is 5.59. The number of carbonyl (C=O) groups is 1. The normalized spacial score (nSPS) is 19.5. The molecule has 0 heterocycles. The largest absolute Gasteiger partial charge is 0.349 e. The molecular formula is C18H14F2N2O. The third kappa shape index (κ3) is 2.93. The average molecular weight is 312 g/mol. The van der Waals surface area contributed by atoms with Crippen molar-refractivity contribution in [2.24, 2.45) is 0 Å². The summed E-state index contributed by atoms with van der Waals surface area (Å²) in [5.41, 5.74) is 1.02. The lowest BCUT2D eigenvalue weighted by Crippen LogP contribution is -2.45. The fourth-order valence-corrected chi connectivity index (χ4v) is 2.87. The summed E-state index contributed by atoms with van der Waals surface area (Å²) in [5, 5.41) is 11.9. The van der Waals surface area contributed by atoms with Crippen LogP contribution in [0.4, 0.5) is 8.78 Å². The highest BCUT2D eigenvalue weighted by molar-refractivity contribution is 5.96. The second kappa shape index (κ2) is 6.17. The summed E-state index contributed by atoms with van der Waals surface area (Å²) in [7, 11) is 0. The van der Waals surface area contributed by atoms with Crippen LogP contribution in [0.5, 0.6) is 0 Å². The summed E-state index contributed by atoms with van der Waals surface area (Å²) >= 11 is 0. The van der Waals surface area contributed by atoms with Crippen LogP contribution in [0.1, 0.15) is 40.2 Å². The molecule has 23 heavy (non-hydrogen) atoms. The molecule has 3 rings (SSSR count). The van der Waals surface area contributed by atoms with Gasteiger partial charge in [0.2, 0.25) is 0 Å². The first-order valence-electron chi connectivity index (χ1n) is 7.35. The van der Waals surface area contributed by atoms with Crippen molar-refractivity contribution < 1.29 is 13.6 Å². The van der Waals surface area contributed by atoms with Gasteiger partial charge in [-0.25, -0.2) is 8.78 Å². The Morgan fingerprint density at radius 3 is 2.61 bits per heavy atom. The van der Waals surface area contributed by atoms with E-state index >= 15 is 0 Å². The molecule has 0 radical (unpaired) electrons. The van der Waals surface area contributed by atoms with Gasteiger partial charge >= 0.3 is 0 Å². The minimum atomic E-state index is -0.617. The monoisotopic (exact) mass is 312 g/mol. The molecule has 2 aromatic rings. The Hall–Kier alpha value is -2.74. The lowest BCUT2D eigenvalue weighted by Gasteiger charge is -2.37. The Balaban J connectivity index is 1.76. The van der Waals surface area contributed by atoms with Gasteiger partial charge in [0.25, 0.3) is 5.91 Å². The molecule has 0 bridgehead atoms. The molecule has 3 nitrogen and oxygen atoms in total. The minimum absolute atomic E-state index is 0.172. The second-order valence-corrected chi connectivity index (χ2v) is 5.59. The van der Waals surface area contributed by atoms with Crippen LogP contribution in [-0.4, -0.2) is 11.9 Å². The maximum absolute atomic E-state index is 13.9. The Kier molecular flexibility index (Phi) is 4.07. The van der Waals surface area contributed by atoms with Gasteiger partial charge in [-0.15, -0.1) is 0 Å². The summed E-state index contributed by atoms with van der Waals surface area (Å²) in [6, 6.07) is 11.8. The number of nitriles is 1. The first-order chi connectivity index (χ1) is 11.1. The number of nitrogens with zero attached hydrogens (tertiary/aromatic N) is 1. The zero-order chi connectivity index (χ0) is 16.4. The van der Waals surface area contributed by atoms with Crippen LogP contribution in [0.3, 0.4) is 0 Å². The van der Waals surface area contributed by atoms with E-state index in [1.165, 1.54) is 12.1 Å². The molecule has 2 atom stereocenters. The number of rotatable bonds is 3. The fourth-order valence-electron chi connectivity index (χ4n) is 2.87. The molecule has 0 aromatic heterocycles. The fraction of sp³-hybridized carbons (Fsp3) is 0.222. The molecule has 2 aromatic carbocycles. The number of benzene rings is 2. The van der Waals surface area contributed by atoms with Crippen LogP contribution in [0.25, 0.3) is 0 Å². The number of amides is 1. The molecule has 1 aliphatic rings. The number of carbonyl (C=O) groups excluding carboxylic acids is 1. The van der Waals surface area contributed by atoms with Gasteiger partial charge in [0.15, 0.2) is 0 Å². The molecule has 1 N–H and O–H groups in total. The molecule has 0 aliphatic heterocycles. The Bertz CT molecular complexity index is 798. The van der Waals surface area contributed by atoms with E-state index in [2.05, 4.69) is 5.32 Å². The van der Waals surface area contributed by atoms with E-state index in [1.54, 1.807) is 24.3 Å². The van der Waals surface area contributed by atoms with Crippen LogP contribution < -0.4 is 5.32 Å². The van der Waals surface area contributed by atoms with Gasteiger partial charge < -0.3 is 5.32 Å². The summed E-state index contributed by atoms with van der Waals surface area (Å²) in [4.78, 5) is 12.3. The molecule has 116 valence electrons. The maximum Gasteiger partial charge on any atom is 0.252 e. The van der Waals surface area contributed by atoms with Crippen molar-refractivity contribution in [1.82, 2.24) is 5.32 Å². The number of nitrogens with one attached hydrogen (secondary N) is 1. The molecule has 5 heteroatoms. The molecule has 0 spiro atoms. The first-order valence-corrected chi connectivity index (χ1v) is 7.35. The molecule has 1 aliphatic carbocycles. The summed E-state index contributed by atoms with van der Waals surface area (Å²) < 4.78 is 26.9. The number of hydrogen-bond acceptors (Lipinski definition) is 2. The molecule has 1 fully saturated rings. The standard InChI is InChI=1S/C18H14F2N2O/c19-12-5-6-14(16(20)9-12)15-7-8-17(15)22-18(23)13-4-2-1-3-11(13)10-21/h1-6,9,15,17H,7-8H2,(H,22,23)/t15-,17-/m0/s1. The Morgan fingerprint density at radius 2 is 1.96 bits per heavy atom. The number of halogens is 2. The van der Waals surface area contributed by atoms with Crippen molar-refractivity contribution in [2.45, 2.75) is 24.8 Å². The molecular weight excluding hydrogens is 298 g/mol. The third-order valence-electron chi connectivity index (χ3n) is 4.24. The van der Waals surface area contributed by atoms with Gasteiger partial charge in [-0.05, 0) is 36.6 Å². The van der Waals surface area contributed by atoms with Crippen molar-refractivity contribution >= 4 is 5.91 Å². The highest BCUT2D eigenvalue weighted by Gasteiger charge is 2.35. The van der Waals surface area contributed by atoms with Gasteiger partial charge in [0.1, 0.15) is 11.6 Å². The van der Waals surface area contributed by atoms with E-state index in [9.17, 15) is 13.6 Å². The van der Waals surface area contributed by atoms with Crippen LogP contribution >= 0.6 is 0 Å². The third-order valence-corrected chi connectivity index (χ3v) is 4.24. The van der Waals surface area contributed by atoms with Gasteiger partial charge in [-0.1, -0.05) is 18.2 Å². The average Bonchev–Trinajstić information content (AvgIpc) is 2.53. The lowest BCUT2D eigenvalue weighted by atomic mass is 9.74. The van der Waals surface area contributed by atoms with Crippen molar-refractivity contribution in [3.63, 3.8) is 0 Å². The lowest BCUT2D eigenvalue weighted by molar-refractivity contribution is 0.0903. The maximum atomic E-state index is 13.9. The van der Waals surface area contributed by atoms with Crippen LogP contribution in [0.15, 0.2) is 42.5 Å². The summed E-state index contributed by atoms with van der Waals surface area (Å²) in [6.07, 6.45) is 1.45. The predicted molar refractivity (Wildman–Crippen MR) is 80.7 cm³/mol. The molecule has 1 saturated carbocycles. The van der Waals surface area contributed by atoms with Crippen LogP contribution in [0, 0.1) is 23.0 Å². The first kappa shape index (κ1) is 15.2. The molecule has 0 saturated heterocycles. The van der Waals surface area contributed by atoms with Gasteiger partial charge in [0, 0.05) is 18.0 Å². The highest BCUT2D eigenvalue weighted by atomic mass is 19.1. The van der Waals surface area contributed by atoms with E-state index in [1.807, 2.05) is 6.07 Å². The van der Waals surface area contributed by atoms with E-state index in [4.69, 9.17) is 5.26 Å². The van der Waals surface area contributed by atoms with E-state index in [0.717, 1.165) is 18.9 Å². The topological polar surface area (TPSA) is 52.9 Å². The van der Waals surface area contributed by atoms with E-state index in [0.29, 0.717) is 16.7 Å². The molecule has 1 amide bonds.